The molecule has 2 rings (SSSR count). The number of amides is 1. The van der Waals surface area contributed by atoms with Crippen molar-refractivity contribution in [2.45, 2.75) is 19.3 Å². The van der Waals surface area contributed by atoms with E-state index in [2.05, 4.69) is 17.2 Å². The summed E-state index contributed by atoms with van der Waals surface area (Å²) in [6.07, 6.45) is 1.96. The second-order valence-electron chi connectivity index (χ2n) is 4.87. The third-order valence-electron chi connectivity index (χ3n) is 3.22. The van der Waals surface area contributed by atoms with Crippen molar-refractivity contribution in [1.29, 1.82) is 0 Å². The van der Waals surface area contributed by atoms with Crippen LogP contribution >= 0.6 is 0 Å². The van der Waals surface area contributed by atoms with Crippen LogP contribution < -0.4 is 5.32 Å². The molecule has 1 atom stereocenters. The Morgan fingerprint density at radius 3 is 3.10 bits per heavy atom. The number of nitrogens with one attached hydrogen (secondary N) is 1. The van der Waals surface area contributed by atoms with Crippen LogP contribution in [0.15, 0.2) is 18.2 Å². The first kappa shape index (κ1) is 15.5. The summed E-state index contributed by atoms with van der Waals surface area (Å²) in [5, 5.41) is 11.4. The first-order chi connectivity index (χ1) is 10.2. The maximum atomic E-state index is 13.6. The Kier molecular flexibility index (Phi) is 5.73. The number of carbonyl (C=O) groups is 1. The second-order valence-corrected chi connectivity index (χ2v) is 4.87. The number of rotatable bonds is 3. The van der Waals surface area contributed by atoms with E-state index in [1.165, 1.54) is 18.2 Å². The fraction of sp³-hybridized carbons (Fsp3) is 0.438. The monoisotopic (exact) mass is 291 g/mol. The number of aliphatic hydroxyl groups is 1. The number of aliphatic hydroxyl groups excluding tert-OH is 1. The first-order valence-electron chi connectivity index (χ1n) is 6.98. The lowest BCUT2D eigenvalue weighted by Crippen LogP contribution is -2.30. The standard InChI is InChI=1S/C16H18FNO3/c17-15-7-6-14(10-12(15)4-1-2-8-19)18-16(20)13-5-3-9-21-11-13/h6-7,10,13,19H,2-3,5,8-9,11H2,(H,18,20). The highest BCUT2D eigenvalue weighted by Crippen LogP contribution is 2.18. The van der Waals surface area contributed by atoms with Crippen molar-refractivity contribution >= 4 is 11.6 Å². The van der Waals surface area contributed by atoms with Crippen molar-refractivity contribution < 1.29 is 19.0 Å². The maximum absolute atomic E-state index is 13.6. The van der Waals surface area contributed by atoms with Crippen molar-refractivity contribution in [1.82, 2.24) is 0 Å². The number of carbonyl (C=O) groups excluding carboxylic acids is 1. The molecule has 5 heteroatoms. The van der Waals surface area contributed by atoms with Crippen LogP contribution in [0.5, 0.6) is 0 Å². The minimum atomic E-state index is -0.445. The predicted molar refractivity (Wildman–Crippen MR) is 77.2 cm³/mol. The summed E-state index contributed by atoms with van der Waals surface area (Å²) in [5.41, 5.74) is 0.724. The molecule has 4 nitrogen and oxygen atoms in total. The minimum Gasteiger partial charge on any atom is -0.395 e. The molecular formula is C16H18FNO3. The molecule has 21 heavy (non-hydrogen) atoms. The van der Waals surface area contributed by atoms with E-state index in [9.17, 15) is 9.18 Å². The van der Waals surface area contributed by atoms with Gasteiger partial charge in [0.2, 0.25) is 5.91 Å². The molecule has 1 saturated heterocycles. The van der Waals surface area contributed by atoms with Gasteiger partial charge in [-0.15, -0.1) is 0 Å². The smallest absolute Gasteiger partial charge is 0.229 e. The van der Waals surface area contributed by atoms with Crippen LogP contribution in [0.2, 0.25) is 0 Å². The maximum Gasteiger partial charge on any atom is 0.229 e. The zero-order chi connectivity index (χ0) is 15.1. The Labute approximate surface area is 123 Å². The number of anilines is 1. The summed E-state index contributed by atoms with van der Waals surface area (Å²) < 4.78 is 18.9. The Bertz CT molecular complexity index is 556. The Morgan fingerprint density at radius 2 is 2.38 bits per heavy atom. The predicted octanol–water partition coefficient (Wildman–Crippen LogP) is 1.92. The molecule has 0 aromatic heterocycles. The topological polar surface area (TPSA) is 58.6 Å². The van der Waals surface area contributed by atoms with E-state index in [-0.39, 0.29) is 30.4 Å². The average Bonchev–Trinajstić information content (AvgIpc) is 2.51. The first-order valence-corrected chi connectivity index (χ1v) is 6.98. The van der Waals surface area contributed by atoms with Gasteiger partial charge in [-0.2, -0.15) is 0 Å². The molecule has 1 fully saturated rings. The lowest BCUT2D eigenvalue weighted by molar-refractivity contribution is -0.123. The van der Waals surface area contributed by atoms with Gasteiger partial charge in [-0.1, -0.05) is 11.8 Å². The Hall–Kier alpha value is -1.90. The van der Waals surface area contributed by atoms with Crippen molar-refractivity contribution in [3.05, 3.63) is 29.6 Å². The Balaban J connectivity index is 2.04. The van der Waals surface area contributed by atoms with Gasteiger partial charge >= 0.3 is 0 Å². The van der Waals surface area contributed by atoms with Crippen LogP contribution in [0.1, 0.15) is 24.8 Å². The van der Waals surface area contributed by atoms with Crippen molar-refractivity contribution in [2.24, 2.45) is 5.92 Å². The number of hydrogen-bond donors (Lipinski definition) is 2. The summed E-state index contributed by atoms with van der Waals surface area (Å²) in [5.74, 6) is 4.59. The fourth-order valence-electron chi connectivity index (χ4n) is 2.10. The molecule has 0 bridgehead atoms. The summed E-state index contributed by atoms with van der Waals surface area (Å²) in [6, 6.07) is 4.28. The van der Waals surface area contributed by atoms with Gasteiger partial charge in [-0.25, -0.2) is 4.39 Å². The molecule has 1 aromatic rings. The number of benzene rings is 1. The molecular weight excluding hydrogens is 273 g/mol. The molecule has 2 N–H and O–H groups in total. The highest BCUT2D eigenvalue weighted by Gasteiger charge is 2.21. The minimum absolute atomic E-state index is 0.0628. The van der Waals surface area contributed by atoms with E-state index in [0.717, 1.165) is 12.8 Å². The van der Waals surface area contributed by atoms with Crippen LogP contribution in [0.3, 0.4) is 0 Å². The van der Waals surface area contributed by atoms with E-state index in [4.69, 9.17) is 9.84 Å². The van der Waals surface area contributed by atoms with Crippen molar-refractivity contribution in [3.63, 3.8) is 0 Å². The van der Waals surface area contributed by atoms with Gasteiger partial charge in [-0.3, -0.25) is 4.79 Å². The van der Waals surface area contributed by atoms with Crippen LogP contribution in [-0.4, -0.2) is 30.8 Å². The van der Waals surface area contributed by atoms with E-state index in [0.29, 0.717) is 18.9 Å². The van der Waals surface area contributed by atoms with Gasteiger partial charge in [0.05, 0.1) is 24.7 Å². The van der Waals surface area contributed by atoms with E-state index >= 15 is 0 Å². The highest BCUT2D eigenvalue weighted by atomic mass is 19.1. The molecule has 1 unspecified atom stereocenters. The largest absolute Gasteiger partial charge is 0.395 e. The van der Waals surface area contributed by atoms with Gasteiger partial charge < -0.3 is 15.2 Å². The summed E-state index contributed by atoms with van der Waals surface area (Å²) in [7, 11) is 0. The summed E-state index contributed by atoms with van der Waals surface area (Å²) in [6.45, 7) is 1.06. The summed E-state index contributed by atoms with van der Waals surface area (Å²) in [4.78, 5) is 12.1. The van der Waals surface area contributed by atoms with Gasteiger partial charge in [0.15, 0.2) is 0 Å². The van der Waals surface area contributed by atoms with E-state index in [1.807, 2.05) is 0 Å². The van der Waals surface area contributed by atoms with Crippen molar-refractivity contribution in [3.8, 4) is 11.8 Å². The fourth-order valence-corrected chi connectivity index (χ4v) is 2.10. The van der Waals surface area contributed by atoms with Gasteiger partial charge in [0.25, 0.3) is 0 Å². The lowest BCUT2D eigenvalue weighted by Gasteiger charge is -2.21. The third-order valence-corrected chi connectivity index (χ3v) is 3.22. The second kappa shape index (κ2) is 7.77. The normalized spacial score (nSPS) is 17.7. The van der Waals surface area contributed by atoms with Crippen LogP contribution in [0.4, 0.5) is 10.1 Å². The zero-order valence-corrected chi connectivity index (χ0v) is 11.7. The molecule has 0 radical (unpaired) electrons. The molecule has 1 heterocycles. The molecule has 0 spiro atoms. The van der Waals surface area contributed by atoms with Gasteiger partial charge in [0, 0.05) is 18.7 Å². The third kappa shape index (κ3) is 4.55. The highest BCUT2D eigenvalue weighted by molar-refractivity contribution is 5.92. The molecule has 1 aliphatic rings. The number of hydrogen-bond acceptors (Lipinski definition) is 3. The van der Waals surface area contributed by atoms with Crippen LogP contribution in [0, 0.1) is 23.6 Å². The molecule has 112 valence electrons. The molecule has 1 amide bonds. The number of halogens is 1. The SMILES string of the molecule is O=C(Nc1ccc(F)c(C#CCCO)c1)C1CCCOC1. The van der Waals surface area contributed by atoms with Crippen LogP contribution in [0.25, 0.3) is 0 Å². The molecule has 1 aromatic carbocycles. The zero-order valence-electron chi connectivity index (χ0n) is 11.7. The van der Waals surface area contributed by atoms with E-state index in [1.54, 1.807) is 0 Å². The molecule has 0 aliphatic carbocycles. The Morgan fingerprint density at radius 1 is 1.52 bits per heavy atom. The lowest BCUT2D eigenvalue weighted by atomic mass is 10.0. The molecule has 0 saturated carbocycles. The quantitative estimate of drug-likeness (QED) is 0.837. The van der Waals surface area contributed by atoms with Crippen LogP contribution in [-0.2, 0) is 9.53 Å². The number of ether oxygens (including phenoxy) is 1. The summed E-state index contributed by atoms with van der Waals surface area (Å²) >= 11 is 0. The van der Waals surface area contributed by atoms with Gasteiger partial charge in [-0.05, 0) is 31.0 Å². The average molecular weight is 291 g/mol. The van der Waals surface area contributed by atoms with Gasteiger partial charge in [0.1, 0.15) is 5.82 Å². The molecule has 1 aliphatic heterocycles. The van der Waals surface area contributed by atoms with E-state index < -0.39 is 5.82 Å². The van der Waals surface area contributed by atoms with Crippen molar-refractivity contribution in [2.75, 3.05) is 25.1 Å².